The van der Waals surface area contributed by atoms with Gasteiger partial charge in [-0.05, 0) is 54.8 Å². The Bertz CT molecular complexity index is 1510. The van der Waals surface area contributed by atoms with E-state index in [9.17, 15) is 14.7 Å². The number of hydrogen-bond acceptors (Lipinski definition) is 4. The lowest BCUT2D eigenvalue weighted by atomic mass is 10.0. The van der Waals surface area contributed by atoms with Gasteiger partial charge in [-0.2, -0.15) is 0 Å². The van der Waals surface area contributed by atoms with Crippen molar-refractivity contribution in [2.75, 3.05) is 0 Å². The summed E-state index contributed by atoms with van der Waals surface area (Å²) in [6, 6.07) is 19.7. The van der Waals surface area contributed by atoms with E-state index in [1.54, 1.807) is 23.5 Å². The highest BCUT2D eigenvalue weighted by Crippen LogP contribution is 2.37. The summed E-state index contributed by atoms with van der Waals surface area (Å²) >= 11 is 2.98. The molecule has 166 valence electrons. The number of ketones is 1. The van der Waals surface area contributed by atoms with Gasteiger partial charge in [0.05, 0.1) is 10.4 Å². The van der Waals surface area contributed by atoms with Crippen LogP contribution in [0.25, 0.3) is 30.3 Å². The largest absolute Gasteiger partial charge is 0.478 e. The lowest BCUT2D eigenvalue weighted by Gasteiger charge is -2.03. The second kappa shape index (κ2) is 9.08. The molecular weight excluding hydrogens is 448 g/mol. The summed E-state index contributed by atoms with van der Waals surface area (Å²) in [7, 11) is 0. The number of fused-ring (bicyclic) bond motifs is 4. The van der Waals surface area contributed by atoms with Gasteiger partial charge in [-0.25, -0.2) is 4.79 Å². The monoisotopic (exact) mass is 472 g/mol. The van der Waals surface area contributed by atoms with Crippen molar-refractivity contribution >= 4 is 64.7 Å². The highest BCUT2D eigenvalue weighted by atomic mass is 32.1. The van der Waals surface area contributed by atoms with Gasteiger partial charge in [0.2, 0.25) is 5.78 Å². The fourth-order valence-electron chi connectivity index (χ4n) is 4.43. The molecule has 5 heteroatoms. The van der Waals surface area contributed by atoms with Crippen molar-refractivity contribution in [2.45, 2.75) is 39.0 Å². The van der Waals surface area contributed by atoms with Crippen LogP contribution in [-0.4, -0.2) is 16.9 Å². The van der Waals surface area contributed by atoms with Crippen molar-refractivity contribution < 1.29 is 14.7 Å². The zero-order chi connectivity index (χ0) is 22.9. The molecule has 0 bridgehead atoms. The number of carboxylic acids is 1. The molecule has 0 aliphatic heterocycles. The molecule has 0 spiro atoms. The number of aryl methyl sites for hydroxylation is 1. The van der Waals surface area contributed by atoms with Crippen LogP contribution in [0.15, 0.2) is 60.7 Å². The lowest BCUT2D eigenvalue weighted by molar-refractivity contribution is 0.0696. The van der Waals surface area contributed by atoms with Crippen LogP contribution in [0.1, 0.15) is 63.8 Å². The van der Waals surface area contributed by atoms with Gasteiger partial charge in [0.25, 0.3) is 0 Å². The minimum atomic E-state index is -1.06. The van der Waals surface area contributed by atoms with Crippen LogP contribution in [0.2, 0.25) is 0 Å². The van der Waals surface area contributed by atoms with Crippen LogP contribution in [0.4, 0.5) is 0 Å². The highest BCUT2D eigenvalue weighted by molar-refractivity contribution is 7.25. The molecule has 0 atom stereocenters. The summed E-state index contributed by atoms with van der Waals surface area (Å²) in [6.45, 7) is 2.22. The SMILES string of the molecule is CCCCCCc1ccc2sc3ccc(C(=O)c4sc5ccccc5c4C(=O)O)cc3c2c1. The van der Waals surface area contributed by atoms with Gasteiger partial charge in [0.15, 0.2) is 0 Å². The van der Waals surface area contributed by atoms with Gasteiger partial charge >= 0.3 is 5.97 Å². The molecule has 2 heterocycles. The number of aromatic carboxylic acids is 1. The number of carbonyl (C=O) groups is 2. The third-order valence-electron chi connectivity index (χ3n) is 6.13. The third-order valence-corrected chi connectivity index (χ3v) is 8.45. The molecule has 5 aromatic rings. The number of rotatable bonds is 8. The van der Waals surface area contributed by atoms with Crippen LogP contribution in [0.3, 0.4) is 0 Å². The fraction of sp³-hybridized carbons (Fsp3) is 0.214. The molecule has 3 nitrogen and oxygen atoms in total. The fourth-order valence-corrected chi connectivity index (χ4v) is 6.65. The molecule has 2 aromatic heterocycles. The molecule has 1 N–H and O–H groups in total. The average Bonchev–Trinajstić information content (AvgIpc) is 3.39. The molecule has 0 saturated heterocycles. The molecule has 0 aliphatic rings. The number of thiophene rings is 2. The Morgan fingerprint density at radius 3 is 2.30 bits per heavy atom. The number of carbonyl (C=O) groups excluding carboxylic acids is 1. The number of unbranched alkanes of at least 4 members (excludes halogenated alkanes) is 3. The summed E-state index contributed by atoms with van der Waals surface area (Å²) in [6.07, 6.45) is 6.00. The van der Waals surface area contributed by atoms with E-state index in [1.807, 2.05) is 30.3 Å². The maximum absolute atomic E-state index is 13.5. The predicted molar refractivity (Wildman–Crippen MR) is 139 cm³/mol. The molecule has 5 rings (SSSR count). The summed E-state index contributed by atoms with van der Waals surface area (Å²) < 4.78 is 3.16. The van der Waals surface area contributed by atoms with Crippen molar-refractivity contribution in [1.82, 2.24) is 0 Å². The first-order valence-electron chi connectivity index (χ1n) is 11.3. The van der Waals surface area contributed by atoms with Crippen LogP contribution in [0, 0.1) is 0 Å². The molecule has 33 heavy (non-hydrogen) atoms. The van der Waals surface area contributed by atoms with Gasteiger partial charge in [0.1, 0.15) is 0 Å². The number of carboxylic acid groups (broad SMARTS) is 1. The summed E-state index contributed by atoms with van der Waals surface area (Å²) in [5, 5.41) is 12.7. The van der Waals surface area contributed by atoms with Crippen molar-refractivity contribution in [2.24, 2.45) is 0 Å². The minimum Gasteiger partial charge on any atom is -0.478 e. The van der Waals surface area contributed by atoms with Gasteiger partial charge in [-0.3, -0.25) is 4.79 Å². The second-order valence-electron chi connectivity index (χ2n) is 8.39. The molecule has 0 amide bonds. The molecule has 0 aliphatic carbocycles. The van der Waals surface area contributed by atoms with Crippen molar-refractivity contribution in [1.29, 1.82) is 0 Å². The highest BCUT2D eigenvalue weighted by Gasteiger charge is 2.24. The summed E-state index contributed by atoms with van der Waals surface area (Å²) in [4.78, 5) is 25.8. The Morgan fingerprint density at radius 2 is 1.52 bits per heavy atom. The van der Waals surface area contributed by atoms with Crippen LogP contribution >= 0.6 is 22.7 Å². The zero-order valence-corrected chi connectivity index (χ0v) is 20.0. The summed E-state index contributed by atoms with van der Waals surface area (Å²) in [5.41, 5.74) is 1.96. The van der Waals surface area contributed by atoms with E-state index in [0.717, 1.165) is 21.2 Å². The first kappa shape index (κ1) is 21.8. The maximum Gasteiger partial charge on any atom is 0.337 e. The Morgan fingerprint density at radius 1 is 0.788 bits per heavy atom. The van der Waals surface area contributed by atoms with E-state index in [0.29, 0.717) is 15.8 Å². The Hall–Kier alpha value is -3.02. The van der Waals surface area contributed by atoms with Crippen LogP contribution < -0.4 is 0 Å². The molecule has 0 fully saturated rings. The van der Waals surface area contributed by atoms with E-state index in [1.165, 1.54) is 52.7 Å². The van der Waals surface area contributed by atoms with E-state index in [2.05, 4.69) is 25.1 Å². The standard InChI is InChI=1S/C28H24O3S2/c1-2-3-4-5-8-17-11-13-23-20(15-17)21-16-18(12-14-24(21)32-23)26(29)27-25(28(30)31)19-9-6-7-10-22(19)33-27/h6-7,9-16H,2-5,8H2,1H3,(H,30,31). The normalized spacial score (nSPS) is 11.5. The minimum absolute atomic E-state index is 0.102. The first-order chi connectivity index (χ1) is 16.1. The van der Waals surface area contributed by atoms with E-state index in [4.69, 9.17) is 0 Å². The maximum atomic E-state index is 13.5. The van der Waals surface area contributed by atoms with E-state index < -0.39 is 5.97 Å². The van der Waals surface area contributed by atoms with Crippen molar-refractivity contribution in [3.63, 3.8) is 0 Å². The van der Waals surface area contributed by atoms with Gasteiger partial charge in [0, 0.05) is 35.8 Å². The first-order valence-corrected chi connectivity index (χ1v) is 12.9. The number of hydrogen-bond donors (Lipinski definition) is 1. The second-order valence-corrected chi connectivity index (χ2v) is 10.5. The lowest BCUT2D eigenvalue weighted by Crippen LogP contribution is -2.06. The Balaban J connectivity index is 1.55. The van der Waals surface area contributed by atoms with Gasteiger partial charge in [-0.1, -0.05) is 50.5 Å². The Kier molecular flexibility index (Phi) is 6.00. The quantitative estimate of drug-likeness (QED) is 0.182. The van der Waals surface area contributed by atoms with Crippen molar-refractivity contribution in [3.8, 4) is 0 Å². The van der Waals surface area contributed by atoms with E-state index in [-0.39, 0.29) is 11.3 Å². The summed E-state index contributed by atoms with van der Waals surface area (Å²) in [5.74, 6) is -1.30. The average molecular weight is 473 g/mol. The van der Waals surface area contributed by atoms with Gasteiger partial charge in [-0.15, -0.1) is 22.7 Å². The Labute approximate surface area is 200 Å². The van der Waals surface area contributed by atoms with Gasteiger partial charge < -0.3 is 5.11 Å². The van der Waals surface area contributed by atoms with Crippen molar-refractivity contribution in [3.05, 3.63) is 82.2 Å². The smallest absolute Gasteiger partial charge is 0.337 e. The predicted octanol–water partition coefficient (Wildman–Crippen LogP) is 8.32. The third kappa shape index (κ3) is 4.07. The topological polar surface area (TPSA) is 54.4 Å². The molecule has 0 saturated carbocycles. The molecule has 0 radical (unpaired) electrons. The molecular formula is C28H24O3S2. The zero-order valence-electron chi connectivity index (χ0n) is 18.4. The van der Waals surface area contributed by atoms with E-state index >= 15 is 0 Å². The molecule has 3 aromatic carbocycles. The number of benzene rings is 3. The van der Waals surface area contributed by atoms with Crippen LogP contribution in [-0.2, 0) is 6.42 Å². The molecule has 0 unspecified atom stereocenters. The van der Waals surface area contributed by atoms with Crippen LogP contribution in [0.5, 0.6) is 0 Å².